The van der Waals surface area contributed by atoms with Crippen molar-refractivity contribution in [1.82, 2.24) is 4.57 Å². The van der Waals surface area contributed by atoms with E-state index in [9.17, 15) is 18.0 Å². The summed E-state index contributed by atoms with van der Waals surface area (Å²) in [4.78, 5) is 13.9. The molecule has 0 amide bonds. The second-order valence-electron chi connectivity index (χ2n) is 9.05. The Labute approximate surface area is 214 Å². The Morgan fingerprint density at radius 3 is 2.27 bits per heavy atom. The van der Waals surface area contributed by atoms with Gasteiger partial charge in [-0.2, -0.15) is 13.2 Å². The number of benzene rings is 3. The molecule has 192 valence electrons. The van der Waals surface area contributed by atoms with Crippen LogP contribution in [0.4, 0.5) is 13.2 Å². The van der Waals surface area contributed by atoms with Gasteiger partial charge < -0.3 is 15.0 Å². The number of aromatic nitrogens is 1. The summed E-state index contributed by atoms with van der Waals surface area (Å²) >= 11 is 0. The third kappa shape index (κ3) is 5.47. The molecule has 1 atom stereocenters. The van der Waals surface area contributed by atoms with E-state index >= 15 is 0 Å². The molecule has 3 aromatic carbocycles. The summed E-state index contributed by atoms with van der Waals surface area (Å²) in [6.07, 6.45) is -4.25. The van der Waals surface area contributed by atoms with Crippen molar-refractivity contribution in [3.8, 4) is 16.9 Å². The molecule has 7 heteroatoms. The van der Waals surface area contributed by atoms with Gasteiger partial charge in [0.05, 0.1) is 12.7 Å². The van der Waals surface area contributed by atoms with Crippen molar-refractivity contribution in [3.63, 3.8) is 0 Å². The number of nitrogens with zero attached hydrogens (tertiary/aromatic N) is 1. The van der Waals surface area contributed by atoms with Crippen molar-refractivity contribution in [2.24, 2.45) is 5.73 Å². The van der Waals surface area contributed by atoms with Crippen molar-refractivity contribution in [1.29, 1.82) is 0 Å². The molecule has 2 N–H and O–H groups in total. The summed E-state index contributed by atoms with van der Waals surface area (Å²) in [6, 6.07) is 21.6. The van der Waals surface area contributed by atoms with Crippen LogP contribution in [0.15, 0.2) is 83.7 Å². The van der Waals surface area contributed by atoms with E-state index in [1.54, 1.807) is 48.7 Å². The number of nitrogens with two attached hydrogens (primary N) is 1. The van der Waals surface area contributed by atoms with Gasteiger partial charge >= 0.3 is 6.18 Å². The smallest absolute Gasteiger partial charge is 0.416 e. The zero-order chi connectivity index (χ0) is 26.7. The van der Waals surface area contributed by atoms with E-state index in [-0.39, 0.29) is 24.0 Å². The fourth-order valence-electron chi connectivity index (χ4n) is 4.77. The third-order valence-electron chi connectivity index (χ3n) is 6.77. The fraction of sp³-hybridized carbons (Fsp3) is 0.233. The van der Waals surface area contributed by atoms with Gasteiger partial charge in [0.25, 0.3) is 0 Å². The summed E-state index contributed by atoms with van der Waals surface area (Å²) < 4.78 is 48.5. The van der Waals surface area contributed by atoms with Crippen LogP contribution in [0.25, 0.3) is 11.1 Å². The molecule has 37 heavy (non-hydrogen) atoms. The largest absolute Gasteiger partial charge is 0.497 e. The van der Waals surface area contributed by atoms with E-state index in [0.29, 0.717) is 33.8 Å². The molecule has 1 unspecified atom stereocenters. The molecular formula is C30H29F3N2O2. The van der Waals surface area contributed by atoms with Gasteiger partial charge in [0, 0.05) is 35.1 Å². The van der Waals surface area contributed by atoms with Crippen molar-refractivity contribution in [3.05, 3.63) is 123 Å². The van der Waals surface area contributed by atoms with Gasteiger partial charge in [-0.05, 0) is 55.2 Å². The Hall–Kier alpha value is -3.84. The van der Waals surface area contributed by atoms with Crippen LogP contribution in [-0.2, 0) is 19.1 Å². The predicted molar refractivity (Wildman–Crippen MR) is 140 cm³/mol. The molecule has 1 aromatic heterocycles. The number of rotatable bonds is 7. The number of hydrogen-bond donors (Lipinski definition) is 1. The van der Waals surface area contributed by atoms with Gasteiger partial charge in [-0.25, -0.2) is 0 Å². The highest BCUT2D eigenvalue weighted by atomic mass is 19.4. The standard InChI is InChI=1S/C30H29F3N2O2/c1-19-25(17-27(34)21-10-5-4-6-11-21)29(36)28(22-13-9-14-24(16-22)37-3)20(2)35(19)18-23-12-7-8-15-26(23)30(31,32)33/h4-16,27H,17-18,34H2,1-3H3. The average Bonchev–Trinajstić information content (AvgIpc) is 2.89. The monoisotopic (exact) mass is 506 g/mol. The zero-order valence-electron chi connectivity index (χ0n) is 21.0. The number of pyridine rings is 1. The van der Waals surface area contributed by atoms with Crippen molar-refractivity contribution < 1.29 is 17.9 Å². The summed E-state index contributed by atoms with van der Waals surface area (Å²) in [7, 11) is 1.54. The zero-order valence-corrected chi connectivity index (χ0v) is 21.0. The molecule has 4 aromatic rings. The van der Waals surface area contributed by atoms with E-state index in [1.807, 2.05) is 30.3 Å². The van der Waals surface area contributed by atoms with E-state index in [1.165, 1.54) is 19.2 Å². The van der Waals surface area contributed by atoms with Crippen LogP contribution in [0.5, 0.6) is 5.75 Å². The van der Waals surface area contributed by atoms with Gasteiger partial charge in [-0.15, -0.1) is 0 Å². The number of ether oxygens (including phenoxy) is 1. The minimum Gasteiger partial charge on any atom is -0.497 e. The molecule has 0 bridgehead atoms. The maximum absolute atomic E-state index is 13.9. The van der Waals surface area contributed by atoms with Gasteiger partial charge in [0.2, 0.25) is 0 Å². The molecule has 0 saturated heterocycles. The quantitative estimate of drug-likeness (QED) is 0.313. The lowest BCUT2D eigenvalue weighted by Gasteiger charge is -2.24. The minimum absolute atomic E-state index is 0.0435. The lowest BCUT2D eigenvalue weighted by atomic mass is 9.93. The Morgan fingerprint density at radius 1 is 0.919 bits per heavy atom. The van der Waals surface area contributed by atoms with Crippen LogP contribution in [0.2, 0.25) is 0 Å². The first-order valence-corrected chi connectivity index (χ1v) is 11.9. The lowest BCUT2D eigenvalue weighted by Crippen LogP contribution is -2.27. The van der Waals surface area contributed by atoms with Crippen LogP contribution in [0.3, 0.4) is 0 Å². The predicted octanol–water partition coefficient (Wildman–Crippen LogP) is 6.45. The van der Waals surface area contributed by atoms with Crippen LogP contribution in [0.1, 0.15) is 39.7 Å². The first-order chi connectivity index (χ1) is 17.6. The normalized spacial score (nSPS) is 12.4. The van der Waals surface area contributed by atoms with Gasteiger partial charge in [0.15, 0.2) is 5.43 Å². The summed E-state index contributed by atoms with van der Waals surface area (Å²) in [5.41, 5.74) is 9.32. The molecule has 0 spiro atoms. The van der Waals surface area contributed by atoms with E-state index < -0.39 is 17.8 Å². The minimum atomic E-state index is -4.49. The molecule has 0 radical (unpaired) electrons. The second-order valence-corrected chi connectivity index (χ2v) is 9.05. The van der Waals surface area contributed by atoms with E-state index in [4.69, 9.17) is 10.5 Å². The van der Waals surface area contributed by atoms with Crippen LogP contribution < -0.4 is 15.9 Å². The number of halogens is 3. The first kappa shape index (κ1) is 26.2. The van der Waals surface area contributed by atoms with Crippen LogP contribution in [0, 0.1) is 13.8 Å². The number of hydrogen-bond acceptors (Lipinski definition) is 3. The second kappa shape index (κ2) is 10.6. The van der Waals surface area contributed by atoms with E-state index in [2.05, 4.69) is 0 Å². The van der Waals surface area contributed by atoms with Gasteiger partial charge in [-0.3, -0.25) is 4.79 Å². The molecule has 0 aliphatic heterocycles. The molecule has 0 aliphatic rings. The van der Waals surface area contributed by atoms with Gasteiger partial charge in [-0.1, -0.05) is 60.7 Å². The third-order valence-corrected chi connectivity index (χ3v) is 6.77. The molecular weight excluding hydrogens is 477 g/mol. The fourth-order valence-corrected chi connectivity index (χ4v) is 4.77. The summed E-state index contributed by atoms with van der Waals surface area (Å²) in [5.74, 6) is 0.577. The summed E-state index contributed by atoms with van der Waals surface area (Å²) in [5, 5.41) is 0. The van der Waals surface area contributed by atoms with Crippen molar-refractivity contribution in [2.45, 2.75) is 39.0 Å². The maximum Gasteiger partial charge on any atom is 0.416 e. The molecule has 1 heterocycles. The molecule has 0 saturated carbocycles. The van der Waals surface area contributed by atoms with Crippen molar-refractivity contribution in [2.75, 3.05) is 7.11 Å². The maximum atomic E-state index is 13.9. The molecule has 4 nitrogen and oxygen atoms in total. The van der Waals surface area contributed by atoms with Crippen molar-refractivity contribution >= 4 is 0 Å². The number of alkyl halides is 3. The lowest BCUT2D eigenvalue weighted by molar-refractivity contribution is -0.138. The SMILES string of the molecule is COc1cccc(-c2c(C)n(Cc3ccccc3C(F)(F)F)c(C)c(CC(N)c3ccccc3)c2=O)c1. The Bertz CT molecular complexity index is 1460. The average molecular weight is 507 g/mol. The highest BCUT2D eigenvalue weighted by Gasteiger charge is 2.33. The summed E-state index contributed by atoms with van der Waals surface area (Å²) in [6.45, 7) is 3.49. The molecule has 0 aliphatic carbocycles. The first-order valence-electron chi connectivity index (χ1n) is 11.9. The topological polar surface area (TPSA) is 57.2 Å². The highest BCUT2D eigenvalue weighted by molar-refractivity contribution is 5.68. The van der Waals surface area contributed by atoms with E-state index in [0.717, 1.165) is 11.6 Å². The Kier molecular flexibility index (Phi) is 7.55. The molecule has 0 fully saturated rings. The Balaban J connectivity index is 1.93. The Morgan fingerprint density at radius 2 is 1.59 bits per heavy atom. The highest BCUT2D eigenvalue weighted by Crippen LogP contribution is 2.34. The molecule has 4 rings (SSSR count). The van der Waals surface area contributed by atoms with Gasteiger partial charge in [0.1, 0.15) is 5.75 Å². The van der Waals surface area contributed by atoms with Crippen LogP contribution in [-0.4, -0.2) is 11.7 Å². The number of methoxy groups -OCH3 is 1. The van der Waals surface area contributed by atoms with Crippen LogP contribution >= 0.6 is 0 Å².